The summed E-state index contributed by atoms with van der Waals surface area (Å²) in [7, 11) is 0. The van der Waals surface area contributed by atoms with Crippen molar-refractivity contribution in [1.29, 1.82) is 5.26 Å². The number of amides is 1. The molecule has 2 saturated heterocycles. The second kappa shape index (κ2) is 10.7. The lowest BCUT2D eigenvalue weighted by molar-refractivity contribution is -0.110. The van der Waals surface area contributed by atoms with Crippen molar-refractivity contribution in [1.82, 2.24) is 14.9 Å². The zero-order valence-electron chi connectivity index (χ0n) is 18.2. The summed E-state index contributed by atoms with van der Waals surface area (Å²) in [5.74, 6) is -1.42. The summed E-state index contributed by atoms with van der Waals surface area (Å²) < 4.78 is 32.1. The van der Waals surface area contributed by atoms with Gasteiger partial charge in [0.1, 0.15) is 12.4 Å². The number of hydrogen-bond donors (Lipinski definition) is 1. The maximum Gasteiger partial charge on any atom is 0.409 e. The van der Waals surface area contributed by atoms with Crippen LogP contribution < -0.4 is 10.1 Å². The fourth-order valence-electron chi connectivity index (χ4n) is 4.03. The molecule has 0 aliphatic carbocycles. The first-order valence-corrected chi connectivity index (χ1v) is 11.1. The molecule has 0 radical (unpaired) electrons. The SMILES string of the molecule is C=CCCOC(=O)N1CC2COCC(C1)C2Oc1ncnc(Nc2ccc(C#N)cc2Cl)c1F. The minimum Gasteiger partial charge on any atom is -0.471 e. The highest BCUT2D eigenvalue weighted by Crippen LogP contribution is 2.34. The van der Waals surface area contributed by atoms with E-state index >= 15 is 4.39 Å². The van der Waals surface area contributed by atoms with Gasteiger partial charge in [0, 0.05) is 24.9 Å². The summed E-state index contributed by atoms with van der Waals surface area (Å²) in [6, 6.07) is 6.58. The molecule has 9 nitrogen and oxygen atoms in total. The average Bonchev–Trinajstić information content (AvgIpc) is 2.82. The maximum absolute atomic E-state index is 15.2. The lowest BCUT2D eigenvalue weighted by atomic mass is 9.84. The number of piperidine rings is 1. The number of rotatable bonds is 7. The van der Waals surface area contributed by atoms with Crippen LogP contribution in [0.5, 0.6) is 5.88 Å². The van der Waals surface area contributed by atoms with Gasteiger partial charge in [-0.1, -0.05) is 17.7 Å². The number of halogens is 2. The van der Waals surface area contributed by atoms with Crippen LogP contribution in [-0.4, -0.2) is 60.0 Å². The molecule has 2 aliphatic rings. The number of nitriles is 1. The van der Waals surface area contributed by atoms with E-state index in [0.717, 1.165) is 0 Å². The van der Waals surface area contributed by atoms with Crippen LogP contribution >= 0.6 is 11.6 Å². The number of carbonyl (C=O) groups excluding carboxylic acids is 1. The van der Waals surface area contributed by atoms with E-state index in [-0.39, 0.29) is 41.3 Å². The first-order valence-electron chi connectivity index (χ1n) is 10.7. The van der Waals surface area contributed by atoms with Gasteiger partial charge in [-0.25, -0.2) is 9.78 Å². The Kier molecular flexibility index (Phi) is 7.45. The molecule has 0 saturated carbocycles. The number of benzene rings is 1. The summed E-state index contributed by atoms with van der Waals surface area (Å²) in [6.07, 6.45) is 2.68. The monoisotopic (exact) mass is 487 g/mol. The van der Waals surface area contributed by atoms with Crippen molar-refractivity contribution in [3.63, 3.8) is 0 Å². The molecule has 1 amide bonds. The van der Waals surface area contributed by atoms with Crippen molar-refractivity contribution >= 4 is 29.2 Å². The number of likely N-dealkylation sites (tertiary alicyclic amines) is 1. The molecule has 2 bridgehead atoms. The van der Waals surface area contributed by atoms with Crippen LogP contribution in [0, 0.1) is 29.0 Å². The van der Waals surface area contributed by atoms with Crippen molar-refractivity contribution in [3.8, 4) is 11.9 Å². The Morgan fingerprint density at radius 1 is 1.38 bits per heavy atom. The molecular weight excluding hydrogens is 465 g/mol. The largest absolute Gasteiger partial charge is 0.471 e. The molecule has 1 aromatic heterocycles. The van der Waals surface area contributed by atoms with Gasteiger partial charge in [0.05, 0.1) is 42.2 Å². The zero-order chi connectivity index (χ0) is 24.1. The van der Waals surface area contributed by atoms with Crippen LogP contribution in [0.4, 0.5) is 20.7 Å². The van der Waals surface area contributed by atoms with Crippen LogP contribution in [0.2, 0.25) is 5.02 Å². The number of hydrogen-bond acceptors (Lipinski definition) is 8. The zero-order valence-corrected chi connectivity index (χ0v) is 19.0. The Hall–Kier alpha value is -3.42. The Morgan fingerprint density at radius 3 is 2.82 bits per heavy atom. The van der Waals surface area contributed by atoms with Crippen molar-refractivity contribution in [2.75, 3.05) is 38.2 Å². The molecular formula is C23H23ClFN5O4. The lowest BCUT2D eigenvalue weighted by Crippen LogP contribution is -2.58. The average molecular weight is 488 g/mol. The number of anilines is 2. The number of carbonyl (C=O) groups is 1. The Morgan fingerprint density at radius 2 is 2.15 bits per heavy atom. The minimum atomic E-state index is -0.770. The van der Waals surface area contributed by atoms with Crippen LogP contribution in [0.15, 0.2) is 37.2 Å². The third-order valence-corrected chi connectivity index (χ3v) is 5.98. The van der Waals surface area contributed by atoms with E-state index in [1.54, 1.807) is 23.1 Å². The molecule has 2 aromatic rings. The highest BCUT2D eigenvalue weighted by Gasteiger charge is 2.44. The molecule has 34 heavy (non-hydrogen) atoms. The molecule has 2 unspecified atom stereocenters. The van der Waals surface area contributed by atoms with Gasteiger partial charge in [0.25, 0.3) is 5.88 Å². The highest BCUT2D eigenvalue weighted by atomic mass is 35.5. The minimum absolute atomic E-state index is 0.110. The second-order valence-electron chi connectivity index (χ2n) is 8.01. The summed E-state index contributed by atoms with van der Waals surface area (Å²) in [4.78, 5) is 21.9. The predicted octanol–water partition coefficient (Wildman–Crippen LogP) is 3.92. The number of nitrogens with one attached hydrogen (secondary N) is 1. The van der Waals surface area contributed by atoms with Gasteiger partial charge in [-0.15, -0.1) is 6.58 Å². The fraction of sp³-hybridized carbons (Fsp3) is 0.391. The third kappa shape index (κ3) is 5.21. The number of fused-ring (bicyclic) bond motifs is 2. The van der Waals surface area contributed by atoms with E-state index in [2.05, 4.69) is 21.9 Å². The topological polar surface area (TPSA) is 110 Å². The molecule has 11 heteroatoms. The van der Waals surface area contributed by atoms with Crippen molar-refractivity contribution in [2.24, 2.45) is 11.8 Å². The molecule has 2 fully saturated rings. The van der Waals surface area contributed by atoms with Gasteiger partial charge in [0.2, 0.25) is 5.82 Å². The van der Waals surface area contributed by atoms with Crippen LogP contribution in [0.1, 0.15) is 12.0 Å². The van der Waals surface area contributed by atoms with Gasteiger partial charge >= 0.3 is 6.09 Å². The number of ether oxygens (including phenoxy) is 3. The fourth-order valence-corrected chi connectivity index (χ4v) is 4.25. The van der Waals surface area contributed by atoms with Gasteiger partial charge in [-0.2, -0.15) is 14.6 Å². The number of aromatic nitrogens is 2. The first kappa shape index (κ1) is 23.7. The van der Waals surface area contributed by atoms with E-state index < -0.39 is 11.9 Å². The Labute approximate surface area is 201 Å². The summed E-state index contributed by atoms with van der Waals surface area (Å²) in [5.41, 5.74) is 0.769. The van der Waals surface area contributed by atoms with Gasteiger partial charge < -0.3 is 24.4 Å². The van der Waals surface area contributed by atoms with Gasteiger partial charge in [-0.3, -0.25) is 0 Å². The summed E-state index contributed by atoms with van der Waals surface area (Å²) >= 11 is 6.18. The Bertz CT molecular complexity index is 1100. The van der Waals surface area contributed by atoms with Gasteiger partial charge in [0.15, 0.2) is 5.82 Å². The summed E-state index contributed by atoms with van der Waals surface area (Å²) in [6.45, 7) is 5.36. The molecule has 178 valence electrons. The molecule has 4 rings (SSSR count). The van der Waals surface area contributed by atoms with Crippen LogP contribution in [-0.2, 0) is 9.47 Å². The second-order valence-corrected chi connectivity index (χ2v) is 8.42. The van der Waals surface area contributed by atoms with Crippen LogP contribution in [0.3, 0.4) is 0 Å². The van der Waals surface area contributed by atoms with Crippen molar-refractivity contribution < 1.29 is 23.4 Å². The predicted molar refractivity (Wildman–Crippen MR) is 121 cm³/mol. The standard InChI is InChI=1S/C23H23ClFN5O4/c1-2-3-6-33-23(31)30-9-15-11-32-12-16(10-30)20(15)34-22-19(25)21(27-13-28-22)29-18-5-4-14(8-26)7-17(18)24/h2,4-5,7,13,15-16,20H,1,3,6,9-12H2,(H,27,28,29). The molecule has 2 aliphatic heterocycles. The maximum atomic E-state index is 15.2. The molecule has 0 spiro atoms. The van der Waals surface area contributed by atoms with Crippen molar-refractivity contribution in [2.45, 2.75) is 12.5 Å². The molecule has 3 heterocycles. The lowest BCUT2D eigenvalue weighted by Gasteiger charge is -2.45. The highest BCUT2D eigenvalue weighted by molar-refractivity contribution is 6.33. The normalized spacial score (nSPS) is 21.3. The Balaban J connectivity index is 1.46. The van der Waals surface area contributed by atoms with E-state index in [0.29, 0.717) is 44.0 Å². The molecule has 2 atom stereocenters. The quantitative estimate of drug-likeness (QED) is 0.462. The van der Waals surface area contributed by atoms with E-state index in [1.807, 2.05) is 6.07 Å². The smallest absolute Gasteiger partial charge is 0.409 e. The van der Waals surface area contributed by atoms with Crippen LogP contribution in [0.25, 0.3) is 0 Å². The van der Waals surface area contributed by atoms with E-state index in [1.165, 1.54) is 12.4 Å². The number of nitrogens with zero attached hydrogens (tertiary/aromatic N) is 4. The van der Waals surface area contributed by atoms with E-state index in [9.17, 15) is 4.79 Å². The summed E-state index contributed by atoms with van der Waals surface area (Å²) in [5, 5.41) is 12.0. The molecule has 1 N–H and O–H groups in total. The molecule has 1 aromatic carbocycles. The third-order valence-electron chi connectivity index (χ3n) is 5.67. The van der Waals surface area contributed by atoms with Gasteiger partial charge in [-0.05, 0) is 24.6 Å². The van der Waals surface area contributed by atoms with Crippen molar-refractivity contribution in [3.05, 3.63) is 53.6 Å². The first-order chi connectivity index (χ1) is 16.5. The van der Waals surface area contributed by atoms with E-state index in [4.69, 9.17) is 31.1 Å².